The highest BCUT2D eigenvalue weighted by Gasteiger charge is 2.22. The van der Waals surface area contributed by atoms with Gasteiger partial charge in [-0.3, -0.25) is 0 Å². The molecule has 2 amide bonds. The Labute approximate surface area is 91.6 Å². The minimum absolute atomic E-state index is 0.118. The summed E-state index contributed by atoms with van der Waals surface area (Å²) < 4.78 is 0. The summed E-state index contributed by atoms with van der Waals surface area (Å²) in [6.45, 7) is 3.24. The Morgan fingerprint density at radius 2 is 2.07 bits per heavy atom. The largest absolute Gasteiger partial charge is 0.331 e. The summed E-state index contributed by atoms with van der Waals surface area (Å²) in [4.78, 5) is 15.2. The Kier molecular flexibility index (Phi) is 4.84. The van der Waals surface area contributed by atoms with Crippen molar-refractivity contribution in [3.63, 3.8) is 0 Å². The van der Waals surface area contributed by atoms with E-state index in [1.54, 1.807) is 19.0 Å². The molecule has 88 valence electrons. The summed E-state index contributed by atoms with van der Waals surface area (Å²) >= 11 is 0. The van der Waals surface area contributed by atoms with Crippen molar-refractivity contribution in [2.45, 2.75) is 18.9 Å². The third-order valence-electron chi connectivity index (χ3n) is 2.73. The monoisotopic (exact) mass is 214 g/mol. The first kappa shape index (κ1) is 12.3. The molecule has 0 aliphatic carbocycles. The quantitative estimate of drug-likeness (QED) is 0.677. The van der Waals surface area contributed by atoms with Gasteiger partial charge in [0, 0.05) is 46.3 Å². The summed E-state index contributed by atoms with van der Waals surface area (Å²) in [5.74, 6) is 0. The lowest BCUT2D eigenvalue weighted by atomic mass is 10.1. The lowest BCUT2D eigenvalue weighted by molar-refractivity contribution is 0.152. The molecule has 0 atom stereocenters. The average Bonchev–Trinajstić information content (AvgIpc) is 2.26. The summed E-state index contributed by atoms with van der Waals surface area (Å²) in [5, 5.41) is 3.38. The van der Waals surface area contributed by atoms with Crippen molar-refractivity contribution in [1.82, 2.24) is 15.1 Å². The Morgan fingerprint density at radius 1 is 1.47 bits per heavy atom. The molecule has 0 radical (unpaired) electrons. The second-order valence-corrected chi connectivity index (χ2v) is 4.18. The number of urea groups is 1. The van der Waals surface area contributed by atoms with Crippen LogP contribution in [-0.4, -0.2) is 62.1 Å². The maximum absolute atomic E-state index is 11.6. The molecule has 15 heavy (non-hydrogen) atoms. The van der Waals surface area contributed by atoms with Crippen LogP contribution in [0, 0.1) is 0 Å². The molecular formula is C10H22N4O. The van der Waals surface area contributed by atoms with E-state index in [0.717, 1.165) is 32.5 Å². The zero-order valence-electron chi connectivity index (χ0n) is 9.70. The molecule has 0 unspecified atom stereocenters. The molecule has 0 saturated carbocycles. The van der Waals surface area contributed by atoms with Crippen molar-refractivity contribution >= 4 is 6.03 Å². The highest BCUT2D eigenvalue weighted by molar-refractivity contribution is 5.73. The Bertz CT molecular complexity index is 200. The molecule has 1 fully saturated rings. The summed E-state index contributed by atoms with van der Waals surface area (Å²) in [6.07, 6.45) is 2.05. The van der Waals surface area contributed by atoms with Gasteiger partial charge in [0.25, 0.3) is 0 Å². The zero-order chi connectivity index (χ0) is 11.3. The van der Waals surface area contributed by atoms with Gasteiger partial charge in [-0.2, -0.15) is 0 Å². The summed E-state index contributed by atoms with van der Waals surface area (Å²) in [7, 11) is 3.59. The minimum Gasteiger partial charge on any atom is -0.331 e. The average molecular weight is 214 g/mol. The Hall–Kier alpha value is -0.810. The van der Waals surface area contributed by atoms with Gasteiger partial charge in [0.2, 0.25) is 0 Å². The molecule has 5 heteroatoms. The second kappa shape index (κ2) is 5.92. The van der Waals surface area contributed by atoms with Crippen molar-refractivity contribution < 1.29 is 4.79 Å². The van der Waals surface area contributed by atoms with Crippen LogP contribution >= 0.6 is 0 Å². The fraction of sp³-hybridized carbons (Fsp3) is 0.900. The van der Waals surface area contributed by atoms with Crippen molar-refractivity contribution in [1.29, 1.82) is 0 Å². The molecule has 1 heterocycles. The van der Waals surface area contributed by atoms with Crippen LogP contribution in [0.2, 0.25) is 0 Å². The smallest absolute Gasteiger partial charge is 0.319 e. The van der Waals surface area contributed by atoms with Gasteiger partial charge in [0.1, 0.15) is 0 Å². The van der Waals surface area contributed by atoms with E-state index in [0.29, 0.717) is 12.6 Å². The Balaban J connectivity index is 2.26. The van der Waals surface area contributed by atoms with Gasteiger partial charge >= 0.3 is 6.03 Å². The van der Waals surface area contributed by atoms with Crippen molar-refractivity contribution in [3.8, 4) is 0 Å². The van der Waals surface area contributed by atoms with Gasteiger partial charge in [-0.15, -0.1) is 0 Å². The highest BCUT2D eigenvalue weighted by atomic mass is 16.2. The number of nitrogens with one attached hydrogen (secondary N) is 1. The molecule has 0 bridgehead atoms. The first-order valence-corrected chi connectivity index (χ1v) is 5.55. The van der Waals surface area contributed by atoms with Crippen LogP contribution in [0.15, 0.2) is 0 Å². The van der Waals surface area contributed by atoms with Crippen LogP contribution in [0.25, 0.3) is 0 Å². The standard InChI is InChI=1S/C10H22N4O/c1-13(2)10(15)14-7-3-9(4-8-14)12-6-5-11/h9,12H,3-8,11H2,1-2H3. The molecule has 0 aromatic rings. The van der Waals surface area contributed by atoms with Crippen LogP contribution in [0.5, 0.6) is 0 Å². The van der Waals surface area contributed by atoms with Crippen molar-refractivity contribution in [2.24, 2.45) is 5.73 Å². The third-order valence-corrected chi connectivity index (χ3v) is 2.73. The summed E-state index contributed by atoms with van der Waals surface area (Å²) in [6, 6.07) is 0.645. The number of hydrogen-bond acceptors (Lipinski definition) is 3. The van der Waals surface area contributed by atoms with Crippen LogP contribution in [0.4, 0.5) is 4.79 Å². The number of carbonyl (C=O) groups excluding carboxylic acids is 1. The number of likely N-dealkylation sites (tertiary alicyclic amines) is 1. The van der Waals surface area contributed by atoms with Gasteiger partial charge in [0.05, 0.1) is 0 Å². The van der Waals surface area contributed by atoms with Gasteiger partial charge in [-0.1, -0.05) is 0 Å². The molecule has 3 N–H and O–H groups in total. The van der Waals surface area contributed by atoms with E-state index in [9.17, 15) is 4.79 Å². The van der Waals surface area contributed by atoms with E-state index in [4.69, 9.17) is 5.73 Å². The molecule has 5 nitrogen and oxygen atoms in total. The molecule has 1 rings (SSSR count). The fourth-order valence-corrected chi connectivity index (χ4v) is 1.85. The minimum atomic E-state index is 0.118. The highest BCUT2D eigenvalue weighted by Crippen LogP contribution is 2.11. The molecule has 0 aromatic heterocycles. The second-order valence-electron chi connectivity index (χ2n) is 4.18. The lowest BCUT2D eigenvalue weighted by Crippen LogP contribution is -2.48. The van der Waals surface area contributed by atoms with E-state index >= 15 is 0 Å². The maximum atomic E-state index is 11.6. The summed E-state index contributed by atoms with van der Waals surface area (Å²) in [5.41, 5.74) is 5.43. The first-order chi connectivity index (χ1) is 7.15. The van der Waals surface area contributed by atoms with Crippen LogP contribution in [0.3, 0.4) is 0 Å². The normalized spacial score (nSPS) is 17.9. The molecule has 1 aliphatic rings. The lowest BCUT2D eigenvalue weighted by Gasteiger charge is -2.34. The Morgan fingerprint density at radius 3 is 2.53 bits per heavy atom. The maximum Gasteiger partial charge on any atom is 0.319 e. The molecular weight excluding hydrogens is 192 g/mol. The molecule has 0 aromatic carbocycles. The number of nitrogens with two attached hydrogens (primary N) is 1. The van der Waals surface area contributed by atoms with Crippen LogP contribution < -0.4 is 11.1 Å². The third kappa shape index (κ3) is 3.68. The number of amides is 2. The predicted octanol–water partition coefficient (Wildman–Crippen LogP) is -0.319. The molecule has 1 saturated heterocycles. The van der Waals surface area contributed by atoms with Crippen molar-refractivity contribution in [2.75, 3.05) is 40.3 Å². The predicted molar refractivity (Wildman–Crippen MR) is 60.7 cm³/mol. The van der Waals surface area contributed by atoms with Crippen molar-refractivity contribution in [3.05, 3.63) is 0 Å². The topological polar surface area (TPSA) is 61.6 Å². The number of hydrogen-bond donors (Lipinski definition) is 2. The van der Waals surface area contributed by atoms with Gasteiger partial charge in [-0.05, 0) is 12.8 Å². The number of rotatable bonds is 3. The van der Waals surface area contributed by atoms with Crippen LogP contribution in [-0.2, 0) is 0 Å². The van der Waals surface area contributed by atoms with Gasteiger partial charge in [0.15, 0.2) is 0 Å². The molecule has 0 spiro atoms. The van der Waals surface area contributed by atoms with Crippen LogP contribution in [0.1, 0.15) is 12.8 Å². The SMILES string of the molecule is CN(C)C(=O)N1CCC(NCCN)CC1. The molecule has 1 aliphatic heterocycles. The van der Waals surface area contributed by atoms with E-state index in [1.807, 2.05) is 4.90 Å². The number of carbonyl (C=O) groups is 1. The van der Waals surface area contributed by atoms with E-state index < -0.39 is 0 Å². The van der Waals surface area contributed by atoms with Gasteiger partial charge in [-0.25, -0.2) is 4.79 Å². The van der Waals surface area contributed by atoms with E-state index in [-0.39, 0.29) is 6.03 Å². The number of nitrogens with zero attached hydrogens (tertiary/aromatic N) is 2. The first-order valence-electron chi connectivity index (χ1n) is 5.55. The van der Waals surface area contributed by atoms with E-state index in [1.165, 1.54) is 0 Å². The fourth-order valence-electron chi connectivity index (χ4n) is 1.85. The number of piperidine rings is 1. The zero-order valence-corrected chi connectivity index (χ0v) is 9.70. The van der Waals surface area contributed by atoms with Gasteiger partial charge < -0.3 is 20.9 Å². The van der Waals surface area contributed by atoms with E-state index in [2.05, 4.69) is 5.32 Å².